The number of ether oxygens (including phenoxy) is 2. The van der Waals surface area contributed by atoms with Gasteiger partial charge in [0.05, 0.1) is 18.8 Å². The number of rotatable bonds is 10. The first kappa shape index (κ1) is 34.5. The van der Waals surface area contributed by atoms with E-state index in [1.165, 1.54) is 10.9 Å². The molecule has 0 spiro atoms. The number of amides is 1. The van der Waals surface area contributed by atoms with Gasteiger partial charge in [0, 0.05) is 61.2 Å². The number of hydrogen-bond donors (Lipinski definition) is 0. The van der Waals surface area contributed by atoms with Crippen LogP contribution in [-0.2, 0) is 9.47 Å². The van der Waals surface area contributed by atoms with Crippen LogP contribution >= 0.6 is 11.6 Å². The summed E-state index contributed by atoms with van der Waals surface area (Å²) in [6.07, 6.45) is 1.22. The maximum absolute atomic E-state index is 14.2. The van der Waals surface area contributed by atoms with E-state index >= 15 is 0 Å². The molecule has 0 N–H and O–H groups in total. The van der Waals surface area contributed by atoms with Crippen molar-refractivity contribution in [1.82, 2.24) is 14.7 Å². The van der Waals surface area contributed by atoms with Gasteiger partial charge in [-0.15, -0.1) is 0 Å². The molecule has 1 atom stereocenters. The fraction of sp³-hybridized carbons (Fsp3) is 0.514. The summed E-state index contributed by atoms with van der Waals surface area (Å²) in [4.78, 5) is 31.3. The summed E-state index contributed by atoms with van der Waals surface area (Å²) in [5, 5.41) is 4.81. The molecule has 254 valence electrons. The Kier molecular flexibility index (Phi) is 10.9. The lowest BCUT2D eigenvalue weighted by Crippen LogP contribution is -2.50. The summed E-state index contributed by atoms with van der Waals surface area (Å²) < 4.78 is 40.5. The van der Waals surface area contributed by atoms with Crippen LogP contribution in [0.25, 0.3) is 11.1 Å². The van der Waals surface area contributed by atoms with E-state index in [1.54, 1.807) is 11.8 Å². The van der Waals surface area contributed by atoms with Crippen molar-refractivity contribution in [3.05, 3.63) is 64.9 Å². The smallest absolute Gasteiger partial charge is 0.410 e. The zero-order valence-corrected chi connectivity index (χ0v) is 28.3. The molecule has 1 amide bonds. The number of hydrogen-bond acceptors (Lipinski definition) is 7. The van der Waals surface area contributed by atoms with Crippen molar-refractivity contribution < 1.29 is 27.8 Å². The number of nitrogens with zero attached hydrogens (tertiary/aromatic N) is 5. The fourth-order valence-corrected chi connectivity index (χ4v) is 6.75. The van der Waals surface area contributed by atoms with Crippen molar-refractivity contribution in [3.63, 3.8) is 0 Å². The van der Waals surface area contributed by atoms with E-state index in [-0.39, 0.29) is 24.3 Å². The molecule has 2 aliphatic rings. The van der Waals surface area contributed by atoms with Crippen LogP contribution in [0.3, 0.4) is 0 Å². The van der Waals surface area contributed by atoms with Crippen molar-refractivity contribution in [2.75, 3.05) is 55.7 Å². The number of esters is 1. The summed E-state index contributed by atoms with van der Waals surface area (Å²) in [6, 6.07) is 13.7. The SMILES string of the molecule is CCCC(C)(C)OC(=O)N1CCN(c2ccc(-c3ccc(Cl)cc3N3CCCC(n4ncc(C(=O)OCC)c4C(F)F)C3)cc2)CC1. The second kappa shape index (κ2) is 14.9. The van der Waals surface area contributed by atoms with Gasteiger partial charge < -0.3 is 24.2 Å². The molecule has 3 heterocycles. The molecule has 2 fully saturated rings. The Balaban J connectivity index is 1.30. The maximum atomic E-state index is 14.2. The molecule has 2 saturated heterocycles. The number of carbonyl (C=O) groups is 2. The van der Waals surface area contributed by atoms with Crippen LogP contribution in [0.4, 0.5) is 25.0 Å². The lowest BCUT2D eigenvalue weighted by atomic mass is 9.99. The molecular weight excluding hydrogens is 628 g/mol. The van der Waals surface area contributed by atoms with Crippen LogP contribution < -0.4 is 9.80 Å². The third-order valence-corrected chi connectivity index (χ3v) is 9.11. The first-order valence-corrected chi connectivity index (χ1v) is 16.8. The molecule has 2 aromatic carbocycles. The molecule has 9 nitrogen and oxygen atoms in total. The Hall–Kier alpha value is -3.86. The third kappa shape index (κ3) is 8.00. The third-order valence-electron chi connectivity index (χ3n) is 8.88. The van der Waals surface area contributed by atoms with Gasteiger partial charge in [-0.25, -0.2) is 18.4 Å². The molecule has 0 radical (unpaired) electrons. The molecule has 0 saturated carbocycles. The van der Waals surface area contributed by atoms with Crippen LogP contribution in [0.2, 0.25) is 5.02 Å². The second-order valence-corrected chi connectivity index (χ2v) is 13.1. The Morgan fingerprint density at radius 1 is 1.02 bits per heavy atom. The van der Waals surface area contributed by atoms with Gasteiger partial charge in [0.1, 0.15) is 16.9 Å². The van der Waals surface area contributed by atoms with Gasteiger partial charge in [-0.1, -0.05) is 43.1 Å². The Bertz CT molecular complexity index is 1540. The molecule has 12 heteroatoms. The lowest BCUT2D eigenvalue weighted by molar-refractivity contribution is 0.00734. The van der Waals surface area contributed by atoms with Crippen LogP contribution in [-0.4, -0.2) is 78.2 Å². The molecule has 0 aliphatic carbocycles. The predicted molar refractivity (Wildman–Crippen MR) is 180 cm³/mol. The van der Waals surface area contributed by atoms with Crippen LogP contribution in [0.5, 0.6) is 0 Å². The van der Waals surface area contributed by atoms with E-state index in [0.29, 0.717) is 44.2 Å². The summed E-state index contributed by atoms with van der Waals surface area (Å²) in [5.41, 5.74) is 2.87. The van der Waals surface area contributed by atoms with Crippen molar-refractivity contribution >= 4 is 35.0 Å². The molecule has 0 bridgehead atoms. The Labute approximate surface area is 280 Å². The highest BCUT2D eigenvalue weighted by atomic mass is 35.5. The normalized spacial score (nSPS) is 17.3. The first-order chi connectivity index (χ1) is 22.5. The van der Waals surface area contributed by atoms with Gasteiger partial charge in [0.25, 0.3) is 6.43 Å². The summed E-state index contributed by atoms with van der Waals surface area (Å²) in [5.74, 6) is -0.793. The predicted octanol–water partition coefficient (Wildman–Crippen LogP) is 8.00. The fourth-order valence-electron chi connectivity index (χ4n) is 6.58. The lowest BCUT2D eigenvalue weighted by Gasteiger charge is -2.37. The standard InChI is InChI=1S/C35H44ClF2N5O4/c1-5-15-35(3,4)47-34(45)41-19-17-40(18-20-41)26-12-9-24(10-13-26)28-14-11-25(36)21-30(28)42-16-7-8-27(23-42)43-31(32(37)38)29(22-39-43)33(44)46-6-2/h9-14,21-22,27,32H,5-8,15-20,23H2,1-4H3. The minimum Gasteiger partial charge on any atom is -0.462 e. The largest absolute Gasteiger partial charge is 0.462 e. The van der Waals surface area contributed by atoms with Gasteiger partial charge in [0.15, 0.2) is 0 Å². The van der Waals surface area contributed by atoms with Crippen LogP contribution in [0, 0.1) is 0 Å². The van der Waals surface area contributed by atoms with Gasteiger partial charge in [0.2, 0.25) is 0 Å². The van der Waals surface area contributed by atoms with Gasteiger partial charge in [-0.05, 0) is 69.9 Å². The second-order valence-electron chi connectivity index (χ2n) is 12.7. The van der Waals surface area contributed by atoms with E-state index < -0.39 is 23.7 Å². The van der Waals surface area contributed by atoms with E-state index in [9.17, 15) is 18.4 Å². The summed E-state index contributed by atoms with van der Waals surface area (Å²) in [6.45, 7) is 11.4. The summed E-state index contributed by atoms with van der Waals surface area (Å²) >= 11 is 6.49. The van der Waals surface area contributed by atoms with E-state index in [1.807, 2.05) is 32.0 Å². The molecule has 47 heavy (non-hydrogen) atoms. The van der Waals surface area contributed by atoms with Gasteiger partial charge >= 0.3 is 12.1 Å². The number of aromatic nitrogens is 2. The molecule has 3 aromatic rings. The van der Waals surface area contributed by atoms with Crippen LogP contribution in [0.1, 0.15) is 81.9 Å². The minimum atomic E-state index is -2.87. The van der Waals surface area contributed by atoms with E-state index in [4.69, 9.17) is 21.1 Å². The molecule has 5 rings (SSSR count). The molecule has 1 unspecified atom stereocenters. The maximum Gasteiger partial charge on any atom is 0.410 e. The zero-order valence-electron chi connectivity index (χ0n) is 27.6. The Morgan fingerprint density at radius 2 is 1.74 bits per heavy atom. The highest BCUT2D eigenvalue weighted by Crippen LogP contribution is 2.38. The van der Waals surface area contributed by atoms with Crippen molar-refractivity contribution in [3.8, 4) is 11.1 Å². The van der Waals surface area contributed by atoms with E-state index in [2.05, 4.69) is 46.1 Å². The quantitative estimate of drug-likeness (QED) is 0.202. The molecular formula is C35H44ClF2N5O4. The number of benzene rings is 2. The average Bonchev–Trinajstić information content (AvgIpc) is 3.51. The molecule has 1 aromatic heterocycles. The van der Waals surface area contributed by atoms with Gasteiger partial charge in [-0.3, -0.25) is 4.68 Å². The Morgan fingerprint density at radius 3 is 2.40 bits per heavy atom. The van der Waals surface area contributed by atoms with Crippen molar-refractivity contribution in [2.45, 2.75) is 71.4 Å². The number of piperidine rings is 1. The first-order valence-electron chi connectivity index (χ1n) is 16.4. The average molecular weight is 672 g/mol. The number of halogens is 3. The molecule has 2 aliphatic heterocycles. The number of alkyl halides is 2. The van der Waals surface area contributed by atoms with Crippen molar-refractivity contribution in [2.24, 2.45) is 0 Å². The highest BCUT2D eigenvalue weighted by molar-refractivity contribution is 6.31. The zero-order chi connectivity index (χ0) is 33.7. The number of anilines is 2. The van der Waals surface area contributed by atoms with Gasteiger partial charge in [-0.2, -0.15) is 5.10 Å². The minimum absolute atomic E-state index is 0.0906. The van der Waals surface area contributed by atoms with Crippen LogP contribution in [0.15, 0.2) is 48.7 Å². The monoisotopic (exact) mass is 671 g/mol. The number of piperazine rings is 1. The highest BCUT2D eigenvalue weighted by Gasteiger charge is 2.32. The topological polar surface area (TPSA) is 80.1 Å². The van der Waals surface area contributed by atoms with E-state index in [0.717, 1.165) is 48.3 Å². The number of carbonyl (C=O) groups excluding carboxylic acids is 2. The van der Waals surface area contributed by atoms with Crippen molar-refractivity contribution in [1.29, 1.82) is 0 Å². The summed E-state index contributed by atoms with van der Waals surface area (Å²) in [7, 11) is 0.